The van der Waals surface area contributed by atoms with Crippen molar-refractivity contribution in [2.75, 3.05) is 13.2 Å². The van der Waals surface area contributed by atoms with Crippen molar-refractivity contribution in [1.82, 2.24) is 5.32 Å². The van der Waals surface area contributed by atoms with Gasteiger partial charge < -0.3 is 14.8 Å². The molecule has 0 saturated carbocycles. The molecular weight excluding hydrogens is 226 g/mol. The number of para-hydroxylation sites is 1. The van der Waals surface area contributed by atoms with Crippen molar-refractivity contribution in [3.05, 3.63) is 23.8 Å². The molecule has 100 valence electrons. The molecule has 1 aromatic rings. The monoisotopic (exact) mass is 249 g/mol. The first kappa shape index (κ1) is 13.2. The molecule has 18 heavy (non-hydrogen) atoms. The number of hydrogen-bond acceptors (Lipinski definition) is 3. The molecule has 0 radical (unpaired) electrons. The summed E-state index contributed by atoms with van der Waals surface area (Å²) in [6.07, 6.45) is 1.19. The molecule has 0 saturated heterocycles. The third-order valence-corrected chi connectivity index (χ3v) is 3.11. The van der Waals surface area contributed by atoms with E-state index in [-0.39, 0.29) is 0 Å². The Morgan fingerprint density at radius 2 is 1.94 bits per heavy atom. The van der Waals surface area contributed by atoms with Gasteiger partial charge >= 0.3 is 0 Å². The normalized spacial score (nSPS) is 15.8. The molecule has 0 aliphatic carbocycles. The smallest absolute Gasteiger partial charge is 0.165 e. The molecule has 1 heterocycles. The molecule has 0 bridgehead atoms. The molecule has 1 N–H and O–H groups in total. The van der Waals surface area contributed by atoms with Gasteiger partial charge in [0, 0.05) is 18.2 Å². The molecule has 0 fully saturated rings. The highest BCUT2D eigenvalue weighted by Gasteiger charge is 2.15. The summed E-state index contributed by atoms with van der Waals surface area (Å²) in [7, 11) is 0. The average Bonchev–Trinajstić information content (AvgIpc) is 2.35. The third kappa shape index (κ3) is 3.39. The number of nitrogens with one attached hydrogen (secondary N) is 1. The predicted molar refractivity (Wildman–Crippen MR) is 73.2 cm³/mol. The maximum atomic E-state index is 5.70. The average molecular weight is 249 g/mol. The van der Waals surface area contributed by atoms with Gasteiger partial charge in [-0.3, -0.25) is 0 Å². The van der Waals surface area contributed by atoms with Gasteiger partial charge in [0.25, 0.3) is 0 Å². The summed E-state index contributed by atoms with van der Waals surface area (Å²) in [5.74, 6) is 2.50. The van der Waals surface area contributed by atoms with Crippen molar-refractivity contribution < 1.29 is 9.47 Å². The van der Waals surface area contributed by atoms with Crippen molar-refractivity contribution >= 4 is 0 Å². The quantitative estimate of drug-likeness (QED) is 0.870. The highest BCUT2D eigenvalue weighted by atomic mass is 16.6. The van der Waals surface area contributed by atoms with E-state index in [4.69, 9.17) is 9.47 Å². The van der Waals surface area contributed by atoms with Gasteiger partial charge in [0.2, 0.25) is 0 Å². The van der Waals surface area contributed by atoms with Crippen LogP contribution in [0.25, 0.3) is 0 Å². The molecule has 1 unspecified atom stereocenters. The minimum Gasteiger partial charge on any atom is -0.486 e. The Balaban J connectivity index is 1.97. The van der Waals surface area contributed by atoms with Crippen LogP contribution in [0, 0.1) is 5.92 Å². The lowest BCUT2D eigenvalue weighted by molar-refractivity contribution is 0.169. The lowest BCUT2D eigenvalue weighted by Gasteiger charge is -2.22. The van der Waals surface area contributed by atoms with E-state index in [0.717, 1.165) is 24.0 Å². The third-order valence-electron chi connectivity index (χ3n) is 3.11. The van der Waals surface area contributed by atoms with Gasteiger partial charge in [-0.1, -0.05) is 26.0 Å². The Morgan fingerprint density at radius 1 is 1.17 bits per heavy atom. The maximum Gasteiger partial charge on any atom is 0.165 e. The maximum absolute atomic E-state index is 5.70. The molecule has 0 spiro atoms. The van der Waals surface area contributed by atoms with E-state index in [9.17, 15) is 0 Å². The molecule has 3 heteroatoms. The van der Waals surface area contributed by atoms with Crippen LogP contribution in [0.4, 0.5) is 0 Å². The van der Waals surface area contributed by atoms with Crippen LogP contribution >= 0.6 is 0 Å². The molecule has 1 atom stereocenters. The van der Waals surface area contributed by atoms with E-state index in [1.807, 2.05) is 12.1 Å². The van der Waals surface area contributed by atoms with E-state index in [1.54, 1.807) is 0 Å². The van der Waals surface area contributed by atoms with Crippen LogP contribution in [-0.2, 0) is 6.54 Å². The molecule has 1 aliphatic rings. The Morgan fingerprint density at radius 3 is 2.72 bits per heavy atom. The van der Waals surface area contributed by atoms with E-state index < -0.39 is 0 Å². The zero-order chi connectivity index (χ0) is 13.0. The van der Waals surface area contributed by atoms with Crippen LogP contribution < -0.4 is 14.8 Å². The molecule has 3 nitrogen and oxygen atoms in total. The zero-order valence-electron chi connectivity index (χ0n) is 11.5. The molecule has 2 rings (SSSR count). The van der Waals surface area contributed by atoms with Crippen LogP contribution in [-0.4, -0.2) is 19.3 Å². The minimum atomic E-state index is 0.519. The standard InChI is InChI=1S/C15H23NO2/c1-11(2)9-12(3)16-10-13-5-4-6-14-15(13)18-8-7-17-14/h4-6,11-12,16H,7-10H2,1-3H3. The number of ether oxygens (including phenoxy) is 2. The highest BCUT2D eigenvalue weighted by molar-refractivity contribution is 5.47. The van der Waals surface area contributed by atoms with Gasteiger partial charge in [-0.2, -0.15) is 0 Å². The Bertz CT molecular complexity index is 390. The second-order valence-corrected chi connectivity index (χ2v) is 5.35. The fraction of sp³-hybridized carbons (Fsp3) is 0.600. The fourth-order valence-corrected chi connectivity index (χ4v) is 2.35. The van der Waals surface area contributed by atoms with E-state index in [2.05, 4.69) is 32.2 Å². The van der Waals surface area contributed by atoms with E-state index >= 15 is 0 Å². The van der Waals surface area contributed by atoms with Crippen molar-refractivity contribution in [3.8, 4) is 11.5 Å². The van der Waals surface area contributed by atoms with Gasteiger partial charge in [0.05, 0.1) is 0 Å². The number of fused-ring (bicyclic) bond motifs is 1. The lowest BCUT2D eigenvalue weighted by Crippen LogP contribution is -2.27. The number of rotatable bonds is 5. The van der Waals surface area contributed by atoms with Crippen molar-refractivity contribution in [3.63, 3.8) is 0 Å². The van der Waals surface area contributed by atoms with Crippen LogP contribution in [0.5, 0.6) is 11.5 Å². The topological polar surface area (TPSA) is 30.5 Å². The summed E-state index contributed by atoms with van der Waals surface area (Å²) in [5, 5.41) is 3.54. The van der Waals surface area contributed by atoms with Gasteiger partial charge in [0.1, 0.15) is 13.2 Å². The predicted octanol–water partition coefficient (Wildman–Crippen LogP) is 2.98. The summed E-state index contributed by atoms with van der Waals surface area (Å²) >= 11 is 0. The highest BCUT2D eigenvalue weighted by Crippen LogP contribution is 2.33. The van der Waals surface area contributed by atoms with Crippen LogP contribution in [0.3, 0.4) is 0 Å². The molecule has 1 aliphatic heterocycles. The zero-order valence-corrected chi connectivity index (χ0v) is 11.5. The summed E-state index contributed by atoms with van der Waals surface area (Å²) in [6, 6.07) is 6.61. The van der Waals surface area contributed by atoms with E-state index in [1.165, 1.54) is 12.0 Å². The molecule has 0 aromatic heterocycles. The fourth-order valence-electron chi connectivity index (χ4n) is 2.35. The second-order valence-electron chi connectivity index (χ2n) is 5.35. The molecule has 0 amide bonds. The summed E-state index contributed by atoms with van der Waals surface area (Å²) < 4.78 is 11.3. The van der Waals surface area contributed by atoms with Gasteiger partial charge in [-0.25, -0.2) is 0 Å². The van der Waals surface area contributed by atoms with Gasteiger partial charge in [-0.05, 0) is 25.3 Å². The SMILES string of the molecule is CC(C)CC(C)NCc1cccc2c1OCCO2. The van der Waals surface area contributed by atoms with Crippen LogP contribution in [0.1, 0.15) is 32.8 Å². The summed E-state index contributed by atoms with van der Waals surface area (Å²) in [4.78, 5) is 0. The van der Waals surface area contributed by atoms with Gasteiger partial charge in [0.15, 0.2) is 11.5 Å². The van der Waals surface area contributed by atoms with Crippen molar-refractivity contribution in [2.24, 2.45) is 5.92 Å². The minimum absolute atomic E-state index is 0.519. The largest absolute Gasteiger partial charge is 0.486 e. The summed E-state index contributed by atoms with van der Waals surface area (Å²) in [5.41, 5.74) is 1.18. The molecular formula is C15H23NO2. The Kier molecular flexibility index (Phi) is 4.48. The Labute approximate surface area is 109 Å². The Hall–Kier alpha value is -1.22. The van der Waals surface area contributed by atoms with Crippen LogP contribution in [0.15, 0.2) is 18.2 Å². The van der Waals surface area contributed by atoms with Gasteiger partial charge in [-0.15, -0.1) is 0 Å². The first-order valence-electron chi connectivity index (χ1n) is 6.77. The van der Waals surface area contributed by atoms with Crippen molar-refractivity contribution in [1.29, 1.82) is 0 Å². The lowest BCUT2D eigenvalue weighted by atomic mass is 10.0. The van der Waals surface area contributed by atoms with Crippen LogP contribution in [0.2, 0.25) is 0 Å². The summed E-state index contributed by atoms with van der Waals surface area (Å²) in [6.45, 7) is 8.85. The van der Waals surface area contributed by atoms with Crippen molar-refractivity contribution in [2.45, 2.75) is 39.8 Å². The first-order chi connectivity index (χ1) is 8.66. The first-order valence-corrected chi connectivity index (χ1v) is 6.77. The number of benzene rings is 1. The number of hydrogen-bond donors (Lipinski definition) is 1. The molecule has 1 aromatic carbocycles. The van der Waals surface area contributed by atoms with E-state index in [0.29, 0.717) is 19.3 Å². The second kappa shape index (κ2) is 6.10.